The topological polar surface area (TPSA) is 24.5 Å². The number of hydrogen-bond donors (Lipinski definition) is 1. The van der Waals surface area contributed by atoms with Crippen molar-refractivity contribution >= 4 is 0 Å². The Kier molecular flexibility index (Phi) is 7.01. The molecular formula is C13H28N2O. The number of methoxy groups -OCH3 is 1. The average Bonchev–Trinajstić information content (AvgIpc) is 2.27. The second-order valence-corrected chi connectivity index (χ2v) is 4.75. The Labute approximate surface area is 101 Å². The maximum absolute atomic E-state index is 5.32. The molecule has 0 bridgehead atoms. The highest BCUT2D eigenvalue weighted by Gasteiger charge is 2.19. The van der Waals surface area contributed by atoms with Crippen LogP contribution in [-0.4, -0.2) is 50.3 Å². The zero-order valence-corrected chi connectivity index (χ0v) is 11.2. The number of ether oxygens (including phenoxy) is 1. The predicted molar refractivity (Wildman–Crippen MR) is 68.8 cm³/mol. The molecule has 1 aliphatic heterocycles. The first-order valence-corrected chi connectivity index (χ1v) is 6.78. The number of hydrogen-bond acceptors (Lipinski definition) is 3. The first kappa shape index (κ1) is 13.9. The molecule has 2 unspecified atom stereocenters. The number of nitrogens with zero attached hydrogens (tertiary/aromatic N) is 1. The Morgan fingerprint density at radius 3 is 2.81 bits per heavy atom. The minimum absolute atomic E-state index is 0.612. The largest absolute Gasteiger partial charge is 0.383 e. The Bertz CT molecular complexity index is 175. The van der Waals surface area contributed by atoms with Gasteiger partial charge < -0.3 is 10.1 Å². The van der Waals surface area contributed by atoms with E-state index in [1.165, 1.54) is 45.3 Å². The van der Waals surface area contributed by atoms with Crippen LogP contribution < -0.4 is 5.32 Å². The lowest BCUT2D eigenvalue weighted by atomic mass is 10.1. The smallest absolute Gasteiger partial charge is 0.0617 e. The summed E-state index contributed by atoms with van der Waals surface area (Å²) >= 11 is 0. The Morgan fingerprint density at radius 1 is 1.38 bits per heavy atom. The molecule has 1 fully saturated rings. The zero-order chi connectivity index (χ0) is 11.8. The summed E-state index contributed by atoms with van der Waals surface area (Å²) in [5.41, 5.74) is 0. The summed E-state index contributed by atoms with van der Waals surface area (Å²) in [6.07, 6.45) is 4.97. The minimum Gasteiger partial charge on any atom is -0.383 e. The molecule has 0 radical (unpaired) electrons. The van der Waals surface area contributed by atoms with Crippen molar-refractivity contribution in [1.29, 1.82) is 0 Å². The third-order valence-electron chi connectivity index (χ3n) is 3.66. The van der Waals surface area contributed by atoms with Crippen molar-refractivity contribution in [1.82, 2.24) is 10.2 Å². The van der Waals surface area contributed by atoms with Crippen LogP contribution in [0.25, 0.3) is 0 Å². The molecular weight excluding hydrogens is 200 g/mol. The molecule has 2 atom stereocenters. The normalized spacial score (nSPS) is 26.1. The van der Waals surface area contributed by atoms with Gasteiger partial charge in [-0.15, -0.1) is 0 Å². The van der Waals surface area contributed by atoms with Crippen molar-refractivity contribution < 1.29 is 4.74 Å². The van der Waals surface area contributed by atoms with Crippen LogP contribution in [0, 0.1) is 0 Å². The molecule has 0 aromatic rings. The Morgan fingerprint density at radius 2 is 2.19 bits per heavy atom. The van der Waals surface area contributed by atoms with E-state index in [0.717, 1.165) is 6.61 Å². The molecule has 1 rings (SSSR count). The van der Waals surface area contributed by atoms with Gasteiger partial charge in [0.05, 0.1) is 6.61 Å². The fraction of sp³-hybridized carbons (Fsp3) is 1.00. The van der Waals surface area contributed by atoms with Gasteiger partial charge in [-0.2, -0.15) is 0 Å². The van der Waals surface area contributed by atoms with Crippen molar-refractivity contribution in [2.45, 2.75) is 51.6 Å². The average molecular weight is 228 g/mol. The molecule has 16 heavy (non-hydrogen) atoms. The summed E-state index contributed by atoms with van der Waals surface area (Å²) < 4.78 is 5.32. The monoisotopic (exact) mass is 228 g/mol. The highest BCUT2D eigenvalue weighted by atomic mass is 16.5. The van der Waals surface area contributed by atoms with Crippen LogP contribution in [0.2, 0.25) is 0 Å². The molecule has 96 valence electrons. The number of rotatable bonds is 5. The lowest BCUT2D eigenvalue weighted by Crippen LogP contribution is -2.45. The van der Waals surface area contributed by atoms with Gasteiger partial charge in [-0.05, 0) is 38.8 Å². The van der Waals surface area contributed by atoms with Crippen LogP contribution in [0.5, 0.6) is 0 Å². The van der Waals surface area contributed by atoms with E-state index < -0.39 is 0 Å². The molecule has 1 heterocycles. The molecule has 3 heteroatoms. The molecule has 0 aromatic carbocycles. The standard InChI is InChI=1S/C13H28N2O/c1-4-12-7-10-15(9-6-8-14-12)13(5-2)11-16-3/h12-14H,4-11H2,1-3H3. The van der Waals surface area contributed by atoms with Crippen molar-refractivity contribution in [2.75, 3.05) is 33.4 Å². The van der Waals surface area contributed by atoms with Crippen molar-refractivity contribution in [2.24, 2.45) is 0 Å². The summed E-state index contributed by atoms with van der Waals surface area (Å²) in [7, 11) is 1.81. The highest BCUT2D eigenvalue weighted by Crippen LogP contribution is 2.11. The van der Waals surface area contributed by atoms with Gasteiger partial charge in [-0.1, -0.05) is 13.8 Å². The maximum atomic E-state index is 5.32. The first-order valence-electron chi connectivity index (χ1n) is 6.78. The van der Waals surface area contributed by atoms with Crippen molar-refractivity contribution in [3.8, 4) is 0 Å². The quantitative estimate of drug-likeness (QED) is 0.777. The molecule has 0 aromatic heterocycles. The summed E-state index contributed by atoms with van der Waals surface area (Å²) in [6, 6.07) is 1.32. The summed E-state index contributed by atoms with van der Waals surface area (Å²) in [4.78, 5) is 2.62. The van der Waals surface area contributed by atoms with Gasteiger partial charge in [-0.25, -0.2) is 0 Å². The van der Waals surface area contributed by atoms with Crippen LogP contribution in [-0.2, 0) is 4.74 Å². The van der Waals surface area contributed by atoms with Gasteiger partial charge in [-0.3, -0.25) is 4.90 Å². The van der Waals surface area contributed by atoms with E-state index in [2.05, 4.69) is 24.1 Å². The van der Waals surface area contributed by atoms with Crippen LogP contribution in [0.3, 0.4) is 0 Å². The van der Waals surface area contributed by atoms with E-state index in [4.69, 9.17) is 4.74 Å². The molecule has 3 nitrogen and oxygen atoms in total. The maximum Gasteiger partial charge on any atom is 0.0617 e. The van der Waals surface area contributed by atoms with Gasteiger partial charge in [0.2, 0.25) is 0 Å². The van der Waals surface area contributed by atoms with Gasteiger partial charge in [0.25, 0.3) is 0 Å². The second-order valence-electron chi connectivity index (χ2n) is 4.75. The molecule has 1 N–H and O–H groups in total. The molecule has 0 spiro atoms. The highest BCUT2D eigenvalue weighted by molar-refractivity contribution is 4.76. The van der Waals surface area contributed by atoms with Gasteiger partial charge >= 0.3 is 0 Å². The fourth-order valence-electron chi connectivity index (χ4n) is 2.51. The lowest BCUT2D eigenvalue weighted by Gasteiger charge is -2.34. The number of nitrogens with one attached hydrogen (secondary N) is 1. The Balaban J connectivity index is 2.44. The van der Waals surface area contributed by atoms with Crippen LogP contribution >= 0.6 is 0 Å². The summed E-state index contributed by atoms with van der Waals surface area (Å²) in [5.74, 6) is 0. The SMILES string of the molecule is CCC1CCN(C(CC)COC)CCCN1. The minimum atomic E-state index is 0.612. The van der Waals surface area contributed by atoms with Crippen molar-refractivity contribution in [3.05, 3.63) is 0 Å². The third-order valence-corrected chi connectivity index (χ3v) is 3.66. The second kappa shape index (κ2) is 8.04. The van der Waals surface area contributed by atoms with Gasteiger partial charge in [0.15, 0.2) is 0 Å². The van der Waals surface area contributed by atoms with E-state index in [-0.39, 0.29) is 0 Å². The zero-order valence-electron chi connectivity index (χ0n) is 11.2. The van der Waals surface area contributed by atoms with E-state index in [9.17, 15) is 0 Å². The van der Waals surface area contributed by atoms with E-state index in [1.807, 2.05) is 7.11 Å². The summed E-state index contributed by atoms with van der Waals surface area (Å²) in [5, 5.41) is 3.62. The molecule has 1 saturated heterocycles. The van der Waals surface area contributed by atoms with Crippen molar-refractivity contribution in [3.63, 3.8) is 0 Å². The first-order chi connectivity index (χ1) is 7.81. The van der Waals surface area contributed by atoms with Crippen LogP contribution in [0.4, 0.5) is 0 Å². The van der Waals surface area contributed by atoms with Gasteiger partial charge in [0, 0.05) is 25.7 Å². The van der Waals surface area contributed by atoms with E-state index >= 15 is 0 Å². The molecule has 1 aliphatic rings. The molecule has 0 saturated carbocycles. The molecule has 0 aliphatic carbocycles. The van der Waals surface area contributed by atoms with E-state index in [1.54, 1.807) is 0 Å². The van der Waals surface area contributed by atoms with Gasteiger partial charge in [0.1, 0.15) is 0 Å². The fourth-order valence-corrected chi connectivity index (χ4v) is 2.51. The Hall–Kier alpha value is -0.120. The summed E-state index contributed by atoms with van der Waals surface area (Å²) in [6.45, 7) is 9.01. The lowest BCUT2D eigenvalue weighted by molar-refractivity contribution is 0.0794. The van der Waals surface area contributed by atoms with Crippen LogP contribution in [0.1, 0.15) is 39.5 Å². The van der Waals surface area contributed by atoms with E-state index in [0.29, 0.717) is 12.1 Å². The van der Waals surface area contributed by atoms with Crippen LogP contribution in [0.15, 0.2) is 0 Å². The molecule has 0 amide bonds. The predicted octanol–water partition coefficient (Wildman–Crippen LogP) is 1.88. The third kappa shape index (κ3) is 4.40.